The first-order valence-electron chi connectivity index (χ1n) is 7.78. The first kappa shape index (κ1) is 16.1. The van der Waals surface area contributed by atoms with Crippen LogP contribution in [0.25, 0.3) is 0 Å². The maximum Gasteiger partial charge on any atom is 0.240 e. The lowest BCUT2D eigenvalue weighted by Gasteiger charge is -2.22. The highest BCUT2D eigenvalue weighted by Crippen LogP contribution is 2.37. The second-order valence-corrected chi connectivity index (χ2v) is 5.60. The van der Waals surface area contributed by atoms with Gasteiger partial charge in [0, 0.05) is 24.5 Å². The van der Waals surface area contributed by atoms with Gasteiger partial charge in [-0.05, 0) is 18.2 Å². The number of nitrogens with zero attached hydrogens (tertiary/aromatic N) is 2. The Labute approximate surface area is 141 Å². The summed E-state index contributed by atoms with van der Waals surface area (Å²) in [6.07, 6.45) is 0.632. The normalized spacial score (nSPS) is 16.7. The second kappa shape index (κ2) is 6.74. The summed E-state index contributed by atoms with van der Waals surface area (Å²) in [5.74, 6) is 1.44. The molecular weight excluding hydrogens is 304 g/mol. The number of hydrogen-bond acceptors (Lipinski definition) is 4. The van der Waals surface area contributed by atoms with Gasteiger partial charge < -0.3 is 9.47 Å². The molecule has 0 spiro atoms. The molecule has 3 rings (SSSR count). The van der Waals surface area contributed by atoms with Crippen LogP contribution in [0.1, 0.15) is 30.5 Å². The van der Waals surface area contributed by atoms with E-state index in [1.165, 1.54) is 11.9 Å². The molecule has 0 N–H and O–H groups in total. The van der Waals surface area contributed by atoms with Gasteiger partial charge in [0.2, 0.25) is 5.91 Å². The number of carbonyl (C=O) groups is 1. The van der Waals surface area contributed by atoms with Gasteiger partial charge in [0.1, 0.15) is 11.5 Å². The molecule has 0 bridgehead atoms. The van der Waals surface area contributed by atoms with Crippen molar-refractivity contribution in [3.8, 4) is 11.5 Å². The van der Waals surface area contributed by atoms with E-state index >= 15 is 0 Å². The molecule has 1 heterocycles. The van der Waals surface area contributed by atoms with Crippen molar-refractivity contribution in [2.24, 2.45) is 5.10 Å². The van der Waals surface area contributed by atoms with Crippen molar-refractivity contribution < 1.29 is 14.3 Å². The Morgan fingerprint density at radius 2 is 1.92 bits per heavy atom. The molecule has 2 aromatic rings. The summed E-state index contributed by atoms with van der Waals surface area (Å²) in [6.45, 7) is 1.53. The molecule has 0 aromatic heterocycles. The van der Waals surface area contributed by atoms with Crippen molar-refractivity contribution in [2.75, 3.05) is 14.2 Å². The second-order valence-electron chi connectivity index (χ2n) is 5.60. The first-order valence-corrected chi connectivity index (χ1v) is 7.78. The standard InChI is InChI=1S/C19H20N2O3/c1-13(22)21-18(16-9-4-5-10-19(16)24-3)12-17(20-21)14-7-6-8-15(11-14)23-2/h4-11,18H,12H2,1-3H3. The maximum absolute atomic E-state index is 12.1. The Hall–Kier alpha value is -2.82. The number of amides is 1. The summed E-state index contributed by atoms with van der Waals surface area (Å²) in [4.78, 5) is 12.1. The fourth-order valence-corrected chi connectivity index (χ4v) is 2.96. The molecule has 1 atom stereocenters. The Kier molecular flexibility index (Phi) is 4.51. The summed E-state index contributed by atoms with van der Waals surface area (Å²) in [7, 11) is 3.27. The van der Waals surface area contributed by atoms with Crippen LogP contribution in [0.2, 0.25) is 0 Å². The first-order chi connectivity index (χ1) is 11.6. The van der Waals surface area contributed by atoms with E-state index in [9.17, 15) is 4.79 Å². The fourth-order valence-electron chi connectivity index (χ4n) is 2.96. The molecule has 1 amide bonds. The minimum Gasteiger partial charge on any atom is -0.497 e. The third-order valence-electron chi connectivity index (χ3n) is 4.13. The molecular formula is C19H20N2O3. The highest BCUT2D eigenvalue weighted by atomic mass is 16.5. The molecule has 2 aromatic carbocycles. The molecule has 0 saturated heterocycles. The molecule has 1 aliphatic heterocycles. The minimum absolute atomic E-state index is 0.0937. The van der Waals surface area contributed by atoms with E-state index in [0.29, 0.717) is 6.42 Å². The van der Waals surface area contributed by atoms with Crippen LogP contribution in [0, 0.1) is 0 Å². The molecule has 0 fully saturated rings. The molecule has 124 valence electrons. The lowest BCUT2D eigenvalue weighted by molar-refractivity contribution is -0.130. The highest BCUT2D eigenvalue weighted by Gasteiger charge is 2.33. The Balaban J connectivity index is 1.98. The average molecular weight is 324 g/mol. The summed E-state index contributed by atoms with van der Waals surface area (Å²) >= 11 is 0. The van der Waals surface area contributed by atoms with Crippen LogP contribution in [-0.2, 0) is 4.79 Å². The van der Waals surface area contributed by atoms with E-state index < -0.39 is 0 Å². The zero-order chi connectivity index (χ0) is 17.1. The lowest BCUT2D eigenvalue weighted by Crippen LogP contribution is -2.24. The third kappa shape index (κ3) is 2.97. The van der Waals surface area contributed by atoms with E-state index in [4.69, 9.17) is 9.47 Å². The number of hydrazone groups is 1. The largest absolute Gasteiger partial charge is 0.497 e. The van der Waals surface area contributed by atoms with E-state index in [2.05, 4.69) is 5.10 Å². The SMILES string of the molecule is COc1cccc(C2=NN(C(C)=O)C(c3ccccc3OC)C2)c1. The van der Waals surface area contributed by atoms with Crippen LogP contribution in [0.4, 0.5) is 0 Å². The van der Waals surface area contributed by atoms with E-state index in [0.717, 1.165) is 28.3 Å². The van der Waals surface area contributed by atoms with Crippen LogP contribution >= 0.6 is 0 Å². The number of benzene rings is 2. The van der Waals surface area contributed by atoms with Crippen LogP contribution in [0.5, 0.6) is 11.5 Å². The molecule has 1 unspecified atom stereocenters. The quantitative estimate of drug-likeness (QED) is 0.866. The van der Waals surface area contributed by atoms with Crippen molar-refractivity contribution in [2.45, 2.75) is 19.4 Å². The maximum atomic E-state index is 12.1. The van der Waals surface area contributed by atoms with Crippen molar-refractivity contribution >= 4 is 11.6 Å². The number of para-hydroxylation sites is 1. The van der Waals surface area contributed by atoms with E-state index in [1.54, 1.807) is 14.2 Å². The average Bonchev–Trinajstić information content (AvgIpc) is 3.07. The Morgan fingerprint density at radius 1 is 1.12 bits per heavy atom. The number of carbonyl (C=O) groups excluding carboxylic acids is 1. The van der Waals surface area contributed by atoms with Crippen LogP contribution in [-0.4, -0.2) is 30.8 Å². The zero-order valence-electron chi connectivity index (χ0n) is 14.0. The molecule has 0 aliphatic carbocycles. The van der Waals surface area contributed by atoms with Gasteiger partial charge in [-0.15, -0.1) is 0 Å². The molecule has 24 heavy (non-hydrogen) atoms. The van der Waals surface area contributed by atoms with Gasteiger partial charge in [-0.3, -0.25) is 4.79 Å². The molecule has 1 aliphatic rings. The van der Waals surface area contributed by atoms with E-state index in [-0.39, 0.29) is 11.9 Å². The smallest absolute Gasteiger partial charge is 0.240 e. The minimum atomic E-state index is -0.167. The van der Waals surface area contributed by atoms with Gasteiger partial charge in [0.25, 0.3) is 0 Å². The van der Waals surface area contributed by atoms with Crippen LogP contribution < -0.4 is 9.47 Å². The number of methoxy groups -OCH3 is 2. The van der Waals surface area contributed by atoms with Gasteiger partial charge >= 0.3 is 0 Å². The van der Waals surface area contributed by atoms with Crippen LogP contribution in [0.15, 0.2) is 53.6 Å². The number of ether oxygens (including phenoxy) is 2. The third-order valence-corrected chi connectivity index (χ3v) is 4.13. The summed E-state index contributed by atoms with van der Waals surface area (Å²) in [5, 5.41) is 6.09. The molecule has 5 nitrogen and oxygen atoms in total. The zero-order valence-corrected chi connectivity index (χ0v) is 14.0. The number of rotatable bonds is 4. The van der Waals surface area contributed by atoms with Crippen molar-refractivity contribution in [3.05, 3.63) is 59.7 Å². The van der Waals surface area contributed by atoms with Gasteiger partial charge in [0.15, 0.2) is 0 Å². The predicted molar refractivity (Wildman–Crippen MR) is 92.4 cm³/mol. The fraction of sp³-hybridized carbons (Fsp3) is 0.263. The summed E-state index contributed by atoms with van der Waals surface area (Å²) in [5.41, 5.74) is 2.77. The van der Waals surface area contributed by atoms with Gasteiger partial charge in [0.05, 0.1) is 26.0 Å². The Morgan fingerprint density at radius 3 is 2.62 bits per heavy atom. The molecule has 0 radical (unpaired) electrons. The van der Waals surface area contributed by atoms with Crippen molar-refractivity contribution in [1.82, 2.24) is 5.01 Å². The van der Waals surface area contributed by atoms with Crippen LogP contribution in [0.3, 0.4) is 0 Å². The summed E-state index contributed by atoms with van der Waals surface area (Å²) in [6, 6.07) is 15.3. The highest BCUT2D eigenvalue weighted by molar-refractivity contribution is 6.03. The lowest BCUT2D eigenvalue weighted by atomic mass is 9.97. The Bertz CT molecular complexity index is 786. The van der Waals surface area contributed by atoms with Gasteiger partial charge in [-0.2, -0.15) is 5.10 Å². The monoisotopic (exact) mass is 324 g/mol. The predicted octanol–water partition coefficient (Wildman–Crippen LogP) is 3.40. The van der Waals surface area contributed by atoms with E-state index in [1.807, 2.05) is 48.5 Å². The van der Waals surface area contributed by atoms with Gasteiger partial charge in [-0.1, -0.05) is 30.3 Å². The van der Waals surface area contributed by atoms with Crippen molar-refractivity contribution in [1.29, 1.82) is 0 Å². The molecule has 5 heteroatoms. The summed E-state index contributed by atoms with van der Waals surface area (Å²) < 4.78 is 10.7. The topological polar surface area (TPSA) is 51.1 Å². The number of hydrogen-bond donors (Lipinski definition) is 0. The van der Waals surface area contributed by atoms with Gasteiger partial charge in [-0.25, -0.2) is 5.01 Å². The van der Waals surface area contributed by atoms with Crippen molar-refractivity contribution in [3.63, 3.8) is 0 Å². The molecule has 0 saturated carbocycles.